The van der Waals surface area contributed by atoms with Crippen LogP contribution in [-0.2, 0) is 7.05 Å². The van der Waals surface area contributed by atoms with Crippen LogP contribution in [0.2, 0.25) is 0 Å². The third-order valence-electron chi connectivity index (χ3n) is 2.82. The lowest BCUT2D eigenvalue weighted by molar-refractivity contribution is 0.905. The summed E-state index contributed by atoms with van der Waals surface area (Å²) >= 11 is 0. The Morgan fingerprint density at radius 1 is 1.41 bits per heavy atom. The van der Waals surface area contributed by atoms with E-state index in [1.54, 1.807) is 17.7 Å². The Morgan fingerprint density at radius 2 is 2.18 bits per heavy atom. The second kappa shape index (κ2) is 4.87. The van der Waals surface area contributed by atoms with Crippen molar-refractivity contribution < 1.29 is 0 Å². The molecule has 17 heavy (non-hydrogen) atoms. The van der Waals surface area contributed by atoms with E-state index in [-0.39, 0.29) is 5.56 Å². The first kappa shape index (κ1) is 11.5. The number of fused-ring (bicyclic) bond motifs is 1. The Kier molecular flexibility index (Phi) is 3.28. The van der Waals surface area contributed by atoms with E-state index in [1.807, 2.05) is 30.3 Å². The molecule has 0 unspecified atom stereocenters. The van der Waals surface area contributed by atoms with Crippen molar-refractivity contribution in [3.63, 3.8) is 0 Å². The summed E-state index contributed by atoms with van der Waals surface area (Å²) in [5.41, 5.74) is 1.84. The largest absolute Gasteiger partial charge is 0.384 e. The van der Waals surface area contributed by atoms with Crippen molar-refractivity contribution in [1.29, 1.82) is 0 Å². The Morgan fingerprint density at radius 3 is 2.94 bits per heavy atom. The normalized spacial score (nSPS) is 10.4. The maximum Gasteiger partial charge on any atom is 0.252 e. The number of rotatable bonds is 4. The molecule has 1 aromatic heterocycles. The van der Waals surface area contributed by atoms with Gasteiger partial charge >= 0.3 is 0 Å². The van der Waals surface area contributed by atoms with Crippen LogP contribution in [0.3, 0.4) is 0 Å². The maximum atomic E-state index is 11.8. The highest BCUT2D eigenvalue weighted by atomic mass is 16.1. The summed E-state index contributed by atoms with van der Waals surface area (Å²) in [4.78, 5) is 11.8. The van der Waals surface area contributed by atoms with Crippen LogP contribution in [-0.4, -0.2) is 11.1 Å². The van der Waals surface area contributed by atoms with Crippen molar-refractivity contribution in [2.45, 2.75) is 6.42 Å². The van der Waals surface area contributed by atoms with E-state index in [0.717, 1.165) is 29.6 Å². The van der Waals surface area contributed by atoms with Crippen LogP contribution in [0.25, 0.3) is 10.9 Å². The summed E-state index contributed by atoms with van der Waals surface area (Å²) in [6, 6.07) is 9.53. The number of aromatic nitrogens is 1. The average Bonchev–Trinajstić information content (AvgIpc) is 2.36. The van der Waals surface area contributed by atoms with Crippen LogP contribution >= 0.6 is 0 Å². The molecule has 0 radical (unpaired) electrons. The molecule has 1 N–H and O–H groups in total. The first-order valence-electron chi connectivity index (χ1n) is 5.67. The van der Waals surface area contributed by atoms with E-state index in [2.05, 4.69) is 11.9 Å². The van der Waals surface area contributed by atoms with Gasteiger partial charge in [-0.1, -0.05) is 24.3 Å². The molecule has 0 saturated carbocycles. The molecule has 0 atom stereocenters. The summed E-state index contributed by atoms with van der Waals surface area (Å²) in [6.07, 6.45) is 2.74. The zero-order valence-corrected chi connectivity index (χ0v) is 9.94. The second-order valence-corrected chi connectivity index (χ2v) is 3.98. The zero-order chi connectivity index (χ0) is 12.3. The van der Waals surface area contributed by atoms with Gasteiger partial charge in [0, 0.05) is 30.7 Å². The van der Waals surface area contributed by atoms with Gasteiger partial charge in [-0.05, 0) is 12.5 Å². The number of pyridine rings is 1. The Labute approximate surface area is 100 Å². The van der Waals surface area contributed by atoms with E-state index >= 15 is 0 Å². The lowest BCUT2D eigenvalue weighted by atomic mass is 10.2. The zero-order valence-electron chi connectivity index (χ0n) is 9.94. The third-order valence-corrected chi connectivity index (χ3v) is 2.82. The summed E-state index contributed by atoms with van der Waals surface area (Å²) in [6.45, 7) is 4.47. The van der Waals surface area contributed by atoms with Gasteiger partial charge in [-0.15, -0.1) is 6.58 Å². The van der Waals surface area contributed by atoms with Crippen molar-refractivity contribution in [2.75, 3.05) is 11.9 Å². The number of hydrogen-bond acceptors (Lipinski definition) is 2. The maximum absolute atomic E-state index is 11.8. The smallest absolute Gasteiger partial charge is 0.252 e. The minimum atomic E-state index is 0.00445. The molecule has 3 nitrogen and oxygen atoms in total. The van der Waals surface area contributed by atoms with Crippen LogP contribution in [0.5, 0.6) is 0 Å². The number of para-hydroxylation sites is 1. The van der Waals surface area contributed by atoms with E-state index in [9.17, 15) is 4.79 Å². The van der Waals surface area contributed by atoms with Crippen LogP contribution in [0, 0.1) is 0 Å². The summed E-state index contributed by atoms with van der Waals surface area (Å²) < 4.78 is 1.66. The van der Waals surface area contributed by atoms with Crippen LogP contribution in [0.1, 0.15) is 6.42 Å². The predicted octanol–water partition coefficient (Wildman–Crippen LogP) is 2.53. The van der Waals surface area contributed by atoms with E-state index in [0.29, 0.717) is 0 Å². The number of nitrogens with zero attached hydrogens (tertiary/aromatic N) is 1. The van der Waals surface area contributed by atoms with E-state index < -0.39 is 0 Å². The molecule has 0 saturated heterocycles. The fourth-order valence-corrected chi connectivity index (χ4v) is 1.87. The van der Waals surface area contributed by atoms with Gasteiger partial charge in [-0.3, -0.25) is 4.79 Å². The standard InChI is InChI=1S/C14H16N2O/c1-3-4-9-15-12-10-14(17)16(2)13-8-6-5-7-11(12)13/h3,5-8,10,15H,1,4,9H2,2H3. The van der Waals surface area contributed by atoms with Gasteiger partial charge < -0.3 is 9.88 Å². The van der Waals surface area contributed by atoms with Crippen molar-refractivity contribution >= 4 is 16.6 Å². The molecule has 88 valence electrons. The van der Waals surface area contributed by atoms with Crippen molar-refractivity contribution in [3.8, 4) is 0 Å². The Bertz CT molecular complexity index is 599. The first-order chi connectivity index (χ1) is 8.24. The van der Waals surface area contributed by atoms with Crippen molar-refractivity contribution in [3.05, 3.63) is 53.3 Å². The van der Waals surface area contributed by atoms with Crippen molar-refractivity contribution in [2.24, 2.45) is 7.05 Å². The van der Waals surface area contributed by atoms with Crippen LogP contribution < -0.4 is 10.9 Å². The van der Waals surface area contributed by atoms with Crippen LogP contribution in [0.15, 0.2) is 47.8 Å². The van der Waals surface area contributed by atoms with E-state index in [1.165, 1.54) is 0 Å². The number of benzene rings is 1. The SMILES string of the molecule is C=CCCNc1cc(=O)n(C)c2ccccc12. The molecule has 0 spiro atoms. The molecule has 0 aliphatic rings. The highest BCUT2D eigenvalue weighted by molar-refractivity contribution is 5.91. The lowest BCUT2D eigenvalue weighted by Gasteiger charge is -2.11. The fourth-order valence-electron chi connectivity index (χ4n) is 1.87. The topological polar surface area (TPSA) is 34.0 Å². The van der Waals surface area contributed by atoms with Gasteiger partial charge in [-0.2, -0.15) is 0 Å². The number of anilines is 1. The summed E-state index contributed by atoms with van der Waals surface area (Å²) in [5, 5.41) is 4.34. The van der Waals surface area contributed by atoms with Crippen LogP contribution in [0.4, 0.5) is 5.69 Å². The quantitative estimate of drug-likeness (QED) is 0.644. The van der Waals surface area contributed by atoms with Gasteiger partial charge in [-0.25, -0.2) is 0 Å². The average molecular weight is 228 g/mol. The molecule has 0 amide bonds. The Hall–Kier alpha value is -2.03. The molecule has 2 rings (SSSR count). The molecule has 0 fully saturated rings. The van der Waals surface area contributed by atoms with Gasteiger partial charge in [0.15, 0.2) is 0 Å². The molecular formula is C14H16N2O. The van der Waals surface area contributed by atoms with Gasteiger partial charge in [0.1, 0.15) is 0 Å². The number of nitrogens with one attached hydrogen (secondary N) is 1. The fraction of sp³-hybridized carbons (Fsp3) is 0.214. The molecule has 0 aliphatic carbocycles. The molecule has 0 bridgehead atoms. The van der Waals surface area contributed by atoms with Gasteiger partial charge in [0.25, 0.3) is 5.56 Å². The third kappa shape index (κ3) is 2.23. The molecule has 0 aliphatic heterocycles. The molecule has 1 aromatic carbocycles. The minimum absolute atomic E-state index is 0.00445. The van der Waals surface area contributed by atoms with Crippen molar-refractivity contribution in [1.82, 2.24) is 4.57 Å². The highest BCUT2D eigenvalue weighted by Crippen LogP contribution is 2.20. The number of hydrogen-bond donors (Lipinski definition) is 1. The summed E-state index contributed by atoms with van der Waals surface area (Å²) in [5.74, 6) is 0. The van der Waals surface area contributed by atoms with Gasteiger partial charge in [0.05, 0.1) is 5.52 Å². The van der Waals surface area contributed by atoms with E-state index in [4.69, 9.17) is 0 Å². The monoisotopic (exact) mass is 228 g/mol. The first-order valence-corrected chi connectivity index (χ1v) is 5.67. The summed E-state index contributed by atoms with van der Waals surface area (Å²) in [7, 11) is 1.79. The molecule has 1 heterocycles. The molecule has 2 aromatic rings. The predicted molar refractivity (Wildman–Crippen MR) is 72.5 cm³/mol. The number of aryl methyl sites for hydroxylation is 1. The molecular weight excluding hydrogens is 212 g/mol. The second-order valence-electron chi connectivity index (χ2n) is 3.98. The highest BCUT2D eigenvalue weighted by Gasteiger charge is 2.04. The Balaban J connectivity index is 2.51. The lowest BCUT2D eigenvalue weighted by Crippen LogP contribution is -2.17. The van der Waals surface area contributed by atoms with Gasteiger partial charge in [0.2, 0.25) is 0 Å². The minimum Gasteiger partial charge on any atom is -0.384 e. The molecule has 3 heteroatoms.